The summed E-state index contributed by atoms with van der Waals surface area (Å²) in [6, 6.07) is 14.1. The monoisotopic (exact) mass is 416 g/mol. The van der Waals surface area contributed by atoms with Crippen LogP contribution in [0.15, 0.2) is 67.3 Å². The third-order valence-electron chi connectivity index (χ3n) is 4.89. The Morgan fingerprint density at radius 1 is 1.20 bits per heavy atom. The van der Waals surface area contributed by atoms with Gasteiger partial charge in [-0.2, -0.15) is 0 Å². The van der Waals surface area contributed by atoms with E-state index in [1.165, 1.54) is 5.56 Å². The van der Waals surface area contributed by atoms with Crippen LogP contribution in [-0.4, -0.2) is 27.0 Å². The standard InChI is InChI=1S/C24H24N4OS/c1-18-15-19(2)23-21(16-18)30-24(26-23)28(13-6-12-27-14-11-25-17-27)22(29)10-9-20-7-4-3-5-8-20/h3-5,7-11,14-17H,6,12-13H2,1-2H3/b10-9+. The maximum atomic E-state index is 13.1. The van der Waals surface area contributed by atoms with Gasteiger partial charge >= 0.3 is 0 Å². The summed E-state index contributed by atoms with van der Waals surface area (Å²) < 4.78 is 3.14. The van der Waals surface area contributed by atoms with Crippen LogP contribution in [0.3, 0.4) is 0 Å². The van der Waals surface area contributed by atoms with Crippen LogP contribution in [0.4, 0.5) is 5.13 Å². The van der Waals surface area contributed by atoms with Crippen LogP contribution in [0, 0.1) is 13.8 Å². The molecule has 30 heavy (non-hydrogen) atoms. The van der Waals surface area contributed by atoms with Gasteiger partial charge in [0.2, 0.25) is 0 Å². The predicted molar refractivity (Wildman–Crippen MR) is 124 cm³/mol. The van der Waals surface area contributed by atoms with Crippen molar-refractivity contribution in [2.45, 2.75) is 26.8 Å². The van der Waals surface area contributed by atoms with Crippen LogP contribution < -0.4 is 4.90 Å². The molecule has 2 heterocycles. The quantitative estimate of drug-likeness (QED) is 0.387. The molecule has 0 aliphatic rings. The molecule has 0 spiro atoms. The first-order valence-electron chi connectivity index (χ1n) is 9.98. The zero-order chi connectivity index (χ0) is 20.9. The van der Waals surface area contributed by atoms with Gasteiger partial charge in [0.05, 0.1) is 16.5 Å². The van der Waals surface area contributed by atoms with Crippen molar-refractivity contribution in [3.05, 3.63) is 84.0 Å². The Morgan fingerprint density at radius 2 is 2.03 bits per heavy atom. The van der Waals surface area contributed by atoms with E-state index in [4.69, 9.17) is 4.98 Å². The van der Waals surface area contributed by atoms with E-state index >= 15 is 0 Å². The van der Waals surface area contributed by atoms with E-state index in [0.717, 1.165) is 39.4 Å². The van der Waals surface area contributed by atoms with Gasteiger partial charge < -0.3 is 4.57 Å². The second-order valence-corrected chi connectivity index (χ2v) is 8.32. The second kappa shape index (κ2) is 9.05. The highest BCUT2D eigenvalue weighted by molar-refractivity contribution is 7.22. The lowest BCUT2D eigenvalue weighted by atomic mass is 10.1. The molecule has 0 aliphatic heterocycles. The molecule has 0 bridgehead atoms. The molecule has 0 N–H and O–H groups in total. The lowest BCUT2D eigenvalue weighted by molar-refractivity contribution is -0.114. The number of fused-ring (bicyclic) bond motifs is 1. The summed E-state index contributed by atoms with van der Waals surface area (Å²) in [5.41, 5.74) is 4.32. The number of aromatic nitrogens is 3. The summed E-state index contributed by atoms with van der Waals surface area (Å²) in [5, 5.41) is 0.743. The minimum atomic E-state index is -0.0575. The Balaban J connectivity index is 1.60. The molecular formula is C24H24N4OS. The zero-order valence-electron chi connectivity index (χ0n) is 17.2. The molecule has 0 saturated carbocycles. The van der Waals surface area contributed by atoms with Gasteiger partial charge in [0.1, 0.15) is 0 Å². The van der Waals surface area contributed by atoms with E-state index in [2.05, 4.69) is 31.0 Å². The molecule has 152 valence electrons. The molecule has 0 aliphatic carbocycles. The first-order chi connectivity index (χ1) is 14.6. The fourth-order valence-corrected chi connectivity index (χ4v) is 4.60. The van der Waals surface area contributed by atoms with Gasteiger partial charge in [-0.05, 0) is 49.1 Å². The molecule has 0 fully saturated rings. The topological polar surface area (TPSA) is 51.0 Å². The molecule has 6 heteroatoms. The van der Waals surface area contributed by atoms with Gasteiger partial charge in [-0.25, -0.2) is 9.97 Å². The number of imidazole rings is 1. The molecule has 1 amide bonds. The SMILES string of the molecule is Cc1cc(C)c2nc(N(CCCn3ccnc3)C(=O)/C=C/c3ccccc3)sc2c1. The molecule has 0 saturated heterocycles. The maximum Gasteiger partial charge on any atom is 0.252 e. The number of rotatable bonds is 7. The third kappa shape index (κ3) is 4.66. The Morgan fingerprint density at radius 3 is 2.80 bits per heavy atom. The number of thiazole rings is 1. The number of amides is 1. The van der Waals surface area contributed by atoms with Crippen LogP contribution >= 0.6 is 11.3 Å². The minimum Gasteiger partial charge on any atom is -0.337 e. The molecule has 4 rings (SSSR count). The molecule has 4 aromatic rings. The highest BCUT2D eigenvalue weighted by atomic mass is 32.1. The van der Waals surface area contributed by atoms with E-state index < -0.39 is 0 Å². The van der Waals surface area contributed by atoms with Crippen molar-refractivity contribution in [1.82, 2.24) is 14.5 Å². The highest BCUT2D eigenvalue weighted by Crippen LogP contribution is 2.32. The Labute approximate surface area is 180 Å². The van der Waals surface area contributed by atoms with Crippen molar-refractivity contribution in [1.29, 1.82) is 0 Å². The molecule has 0 unspecified atom stereocenters. The second-order valence-electron chi connectivity index (χ2n) is 7.31. The lowest BCUT2D eigenvalue weighted by Crippen LogP contribution is -2.30. The van der Waals surface area contributed by atoms with E-state index in [-0.39, 0.29) is 5.91 Å². The Kier molecular flexibility index (Phi) is 6.05. The summed E-state index contributed by atoms with van der Waals surface area (Å²) in [6.45, 7) is 5.55. The molecule has 0 atom stereocenters. The summed E-state index contributed by atoms with van der Waals surface area (Å²) in [7, 11) is 0. The lowest BCUT2D eigenvalue weighted by Gasteiger charge is -2.18. The summed E-state index contributed by atoms with van der Waals surface area (Å²) >= 11 is 1.57. The van der Waals surface area contributed by atoms with E-state index in [1.807, 2.05) is 47.2 Å². The fraction of sp³-hybridized carbons (Fsp3) is 0.208. The molecular weight excluding hydrogens is 392 g/mol. The van der Waals surface area contributed by atoms with Gasteiger partial charge in [0.25, 0.3) is 5.91 Å². The Bertz CT molecular complexity index is 1160. The van der Waals surface area contributed by atoms with Crippen LogP contribution in [0.1, 0.15) is 23.1 Å². The van der Waals surface area contributed by atoms with Gasteiger partial charge in [0, 0.05) is 31.6 Å². The van der Waals surface area contributed by atoms with Gasteiger partial charge in [-0.3, -0.25) is 9.69 Å². The smallest absolute Gasteiger partial charge is 0.252 e. The molecule has 2 aromatic heterocycles. The van der Waals surface area contributed by atoms with E-state index in [1.54, 1.807) is 34.8 Å². The first kappa shape index (κ1) is 20.0. The average molecular weight is 417 g/mol. The normalized spacial score (nSPS) is 11.4. The number of hydrogen-bond donors (Lipinski definition) is 0. The number of aryl methyl sites for hydroxylation is 3. The summed E-state index contributed by atoms with van der Waals surface area (Å²) in [4.78, 5) is 23.8. The number of carbonyl (C=O) groups excluding carboxylic acids is 1. The molecule has 5 nitrogen and oxygen atoms in total. The maximum absolute atomic E-state index is 13.1. The minimum absolute atomic E-state index is 0.0575. The van der Waals surface area contributed by atoms with Gasteiger partial charge in [0.15, 0.2) is 5.13 Å². The van der Waals surface area contributed by atoms with Crippen molar-refractivity contribution in [3.63, 3.8) is 0 Å². The van der Waals surface area contributed by atoms with Crippen LogP contribution in [0.5, 0.6) is 0 Å². The third-order valence-corrected chi connectivity index (χ3v) is 5.92. The van der Waals surface area contributed by atoms with Crippen molar-refractivity contribution in [2.75, 3.05) is 11.4 Å². The molecule has 2 aromatic carbocycles. The number of benzene rings is 2. The van der Waals surface area contributed by atoms with E-state index in [9.17, 15) is 4.79 Å². The van der Waals surface area contributed by atoms with Gasteiger partial charge in [-0.15, -0.1) is 0 Å². The van der Waals surface area contributed by atoms with Crippen LogP contribution in [0.2, 0.25) is 0 Å². The summed E-state index contributed by atoms with van der Waals surface area (Å²) in [5.74, 6) is -0.0575. The van der Waals surface area contributed by atoms with Crippen LogP contribution in [0.25, 0.3) is 16.3 Å². The van der Waals surface area contributed by atoms with Gasteiger partial charge in [-0.1, -0.05) is 47.7 Å². The average Bonchev–Trinajstić information content (AvgIpc) is 3.40. The first-order valence-corrected chi connectivity index (χ1v) is 10.8. The summed E-state index contributed by atoms with van der Waals surface area (Å²) in [6.07, 6.45) is 9.81. The number of nitrogens with zero attached hydrogens (tertiary/aromatic N) is 4. The Hall–Kier alpha value is -3.25. The fourth-order valence-electron chi connectivity index (χ4n) is 3.43. The number of carbonyl (C=O) groups is 1. The zero-order valence-corrected chi connectivity index (χ0v) is 18.0. The highest BCUT2D eigenvalue weighted by Gasteiger charge is 2.18. The number of hydrogen-bond acceptors (Lipinski definition) is 4. The predicted octanol–water partition coefficient (Wildman–Crippen LogP) is 5.25. The van der Waals surface area contributed by atoms with Crippen molar-refractivity contribution in [2.24, 2.45) is 0 Å². The van der Waals surface area contributed by atoms with Crippen molar-refractivity contribution >= 4 is 38.7 Å². The largest absolute Gasteiger partial charge is 0.337 e. The van der Waals surface area contributed by atoms with E-state index in [0.29, 0.717) is 6.54 Å². The van der Waals surface area contributed by atoms with Crippen LogP contribution in [-0.2, 0) is 11.3 Å². The van der Waals surface area contributed by atoms with Crippen molar-refractivity contribution < 1.29 is 4.79 Å². The molecule has 0 radical (unpaired) electrons. The number of anilines is 1. The van der Waals surface area contributed by atoms with Crippen molar-refractivity contribution in [3.8, 4) is 0 Å².